The number of nitrogens with one attached hydrogen (secondary N) is 12. The first-order valence-electron chi connectivity index (χ1n) is 42.2. The van der Waals surface area contributed by atoms with Gasteiger partial charge in [0.15, 0.2) is 11.9 Å². The van der Waals surface area contributed by atoms with E-state index in [0.29, 0.717) is 61.3 Å². The fourth-order valence-corrected chi connectivity index (χ4v) is 12.6. The Kier molecular flexibility index (Phi) is 46.0. The molecule has 21 N–H and O–H groups in total. The van der Waals surface area contributed by atoms with E-state index >= 15 is 0 Å². The van der Waals surface area contributed by atoms with Crippen LogP contribution in [0.4, 0.5) is 22.8 Å². The van der Waals surface area contributed by atoms with Crippen molar-refractivity contribution >= 4 is 77.2 Å². The lowest BCUT2D eigenvalue weighted by Gasteiger charge is -2.23. The van der Waals surface area contributed by atoms with Gasteiger partial charge in [0.25, 0.3) is 23.6 Å². The van der Waals surface area contributed by atoms with Gasteiger partial charge in [-0.1, -0.05) is 146 Å². The van der Waals surface area contributed by atoms with Crippen molar-refractivity contribution in [3.63, 3.8) is 0 Å². The first-order chi connectivity index (χ1) is 63.2. The van der Waals surface area contributed by atoms with Crippen molar-refractivity contribution in [3.05, 3.63) is 274 Å². The lowest BCUT2D eigenvalue weighted by atomic mass is 9.90. The van der Waals surface area contributed by atoms with Crippen LogP contribution in [-0.2, 0) is 56.0 Å². The van der Waals surface area contributed by atoms with E-state index in [0.717, 1.165) is 33.4 Å². The lowest BCUT2D eigenvalue weighted by Crippen LogP contribution is -2.48. The number of carboxylic acids is 1. The molecule has 0 aliphatic heterocycles. The summed E-state index contributed by atoms with van der Waals surface area (Å²) >= 11 is 0. The number of ether oxygens (including phenoxy) is 4. The van der Waals surface area contributed by atoms with Gasteiger partial charge in [0.1, 0.15) is 23.6 Å². The standard InChI is InChI=1S/C90H112N18O16.C2HF3O2/c91-41-50-108(51-44-94-79(111)69-29-33-71(34-30-69)81(113)96-46-53-121-57-59-123-55-48-100-89(119)106-87(92)98-42-13-23-75(83(115)102-61-63-25-37-73(109)38-26-63)104-85(117)77(65-15-5-1-6-16-65)66-17-7-2-8-18-66)52-45-95-80(112)70-31-35-72(36-32-70)82(114)97-47-54-122-58-60-124-56-49-101-90(120)107-88(93)99-43-14-24-76(84(116)103-62-64-27-39-74(110)40-28-64)105-86(118)78(67-19-9-3-10-20-67)68-21-11-4-12-22-68;3-2(4,5)1(6)7/h1-12,15-22,25-40,75-78,109-110H,13-14,23-24,41-62,91H2,(H,94,111)(H,95,112)(H,96,113)(H,97,114)(H,102,115)(H,103,116)(H,104,117)(H,105,118)(H4,92,98,100,106,119)(H4,93,99,101,107,120);(H,6,7)/t75-,76-;/m0./s1. The number of phenols is 2. The summed E-state index contributed by atoms with van der Waals surface area (Å²) in [4.78, 5) is 151. The number of carbonyl (C=O) groups is 11. The van der Waals surface area contributed by atoms with Crippen LogP contribution in [0.15, 0.2) is 228 Å². The van der Waals surface area contributed by atoms with E-state index in [1.54, 1.807) is 72.8 Å². The molecule has 36 nitrogen and oxygen atoms in total. The third-order valence-electron chi connectivity index (χ3n) is 19.3. The van der Waals surface area contributed by atoms with E-state index in [9.17, 15) is 71.3 Å². The van der Waals surface area contributed by atoms with Gasteiger partial charge in [-0.3, -0.25) is 43.3 Å². The molecule has 0 aromatic heterocycles. The number of urea groups is 2. The number of benzene rings is 8. The van der Waals surface area contributed by atoms with E-state index in [1.807, 2.05) is 126 Å². The van der Waals surface area contributed by atoms with Crippen LogP contribution in [0.2, 0.25) is 0 Å². The molecule has 8 aromatic rings. The average molecular weight is 1820 g/mol. The van der Waals surface area contributed by atoms with Crippen molar-refractivity contribution in [1.29, 1.82) is 0 Å². The molecule has 0 aliphatic rings. The number of carboxylic acid groups (broad SMARTS) is 1. The molecule has 0 saturated heterocycles. The van der Waals surface area contributed by atoms with Crippen molar-refractivity contribution in [1.82, 2.24) is 68.7 Å². The van der Waals surface area contributed by atoms with Crippen LogP contribution >= 0.6 is 0 Å². The lowest BCUT2D eigenvalue weighted by molar-refractivity contribution is -0.192. The van der Waals surface area contributed by atoms with Crippen molar-refractivity contribution in [2.24, 2.45) is 27.2 Å². The molecule has 131 heavy (non-hydrogen) atoms. The van der Waals surface area contributed by atoms with Gasteiger partial charge in [0.05, 0.1) is 64.7 Å². The number of aliphatic carboxylic acids is 1. The predicted molar refractivity (Wildman–Crippen MR) is 482 cm³/mol. The molecular formula is C92H113F3N18O18. The van der Waals surface area contributed by atoms with Crippen molar-refractivity contribution < 1.29 is 100 Å². The molecule has 700 valence electrons. The largest absolute Gasteiger partial charge is 0.508 e. The van der Waals surface area contributed by atoms with Crippen LogP contribution in [0.3, 0.4) is 0 Å². The zero-order valence-electron chi connectivity index (χ0n) is 72.2. The number of halogens is 3. The number of nitrogens with two attached hydrogens (primary N) is 3. The summed E-state index contributed by atoms with van der Waals surface area (Å²) < 4.78 is 54.0. The van der Waals surface area contributed by atoms with Crippen LogP contribution in [-0.4, -0.2) is 247 Å². The number of phenolic OH excluding ortho intramolecular Hbond substituents is 2. The van der Waals surface area contributed by atoms with Gasteiger partial charge < -0.3 is 115 Å². The molecule has 0 bridgehead atoms. The van der Waals surface area contributed by atoms with Crippen LogP contribution in [0, 0.1) is 0 Å². The monoisotopic (exact) mass is 1810 g/mol. The zero-order chi connectivity index (χ0) is 94.4. The molecule has 0 spiro atoms. The molecule has 0 fully saturated rings. The van der Waals surface area contributed by atoms with Gasteiger partial charge in [-0.15, -0.1) is 0 Å². The van der Waals surface area contributed by atoms with Crippen LogP contribution in [0.5, 0.6) is 11.5 Å². The topological polar surface area (TPSA) is 536 Å². The number of nitrogens with zero attached hydrogens (tertiary/aromatic N) is 3. The highest BCUT2D eigenvalue weighted by Crippen LogP contribution is 2.28. The van der Waals surface area contributed by atoms with Gasteiger partial charge in [-0.05, 0) is 132 Å². The van der Waals surface area contributed by atoms with E-state index in [-0.39, 0.29) is 190 Å². The minimum atomic E-state index is -5.08. The third kappa shape index (κ3) is 40.2. The van der Waals surface area contributed by atoms with Gasteiger partial charge in [0, 0.05) is 114 Å². The number of guanidine groups is 2. The second kappa shape index (κ2) is 58.2. The number of amides is 12. The van der Waals surface area contributed by atoms with Gasteiger partial charge >= 0.3 is 24.2 Å². The number of hydrogen-bond donors (Lipinski definition) is 18. The number of hydrogen-bond acceptors (Lipinski definition) is 19. The van der Waals surface area contributed by atoms with Crippen molar-refractivity contribution in [2.45, 2.75) is 68.9 Å². The maximum absolute atomic E-state index is 14.0. The molecule has 0 radical (unpaired) electrons. The summed E-state index contributed by atoms with van der Waals surface area (Å²) in [7, 11) is 0. The third-order valence-corrected chi connectivity index (χ3v) is 19.3. The van der Waals surface area contributed by atoms with Crippen molar-refractivity contribution in [3.8, 4) is 11.5 Å². The zero-order valence-corrected chi connectivity index (χ0v) is 72.2. The van der Waals surface area contributed by atoms with E-state index in [1.165, 1.54) is 24.3 Å². The average Bonchev–Trinajstić information content (AvgIpc) is 0.824. The van der Waals surface area contributed by atoms with Crippen LogP contribution in [0.25, 0.3) is 0 Å². The summed E-state index contributed by atoms with van der Waals surface area (Å²) in [5.74, 6) is -7.13. The molecule has 0 saturated carbocycles. The highest BCUT2D eigenvalue weighted by molar-refractivity contribution is 6.00. The van der Waals surface area contributed by atoms with E-state index in [2.05, 4.69) is 73.8 Å². The van der Waals surface area contributed by atoms with Crippen molar-refractivity contribution in [2.75, 3.05) is 131 Å². The molecule has 8 rings (SSSR count). The second-order valence-corrected chi connectivity index (χ2v) is 29.1. The van der Waals surface area contributed by atoms with Gasteiger partial charge in [0.2, 0.25) is 23.6 Å². The predicted octanol–water partition coefficient (Wildman–Crippen LogP) is 4.73. The SMILES string of the molecule is NCCN(CCNC(=O)c1ccc(C(=O)NCCOCCOCCNC(=O)N=C(N)NCCC[C@H](NC(=O)C(c2ccccc2)c2ccccc2)C(=O)NCc2ccc(O)cc2)cc1)CCNC(=O)c1ccc(C(=O)NCCOCCOCCNC(=O)N=C(N)NCCC[C@H](NC(=O)C(c2ccccc2)c2ccccc2)C(=O)NCc2ccc(O)cc2)cc1.O=C(O)C(F)(F)F. The fourth-order valence-electron chi connectivity index (χ4n) is 12.6. The maximum Gasteiger partial charge on any atom is 0.490 e. The Balaban J connectivity index is 0.00000321. The minimum absolute atomic E-state index is 0.0947. The fraction of sp³-hybridized carbons (Fsp3) is 0.337. The number of aliphatic imine (C=N–C) groups is 2. The molecule has 8 aromatic carbocycles. The summed E-state index contributed by atoms with van der Waals surface area (Å²) in [6.45, 7) is 5.31. The Morgan fingerprint density at radius 3 is 0.916 bits per heavy atom. The van der Waals surface area contributed by atoms with Gasteiger partial charge in [-0.2, -0.15) is 23.2 Å². The summed E-state index contributed by atoms with van der Waals surface area (Å²) in [5, 5.41) is 60.5. The Hall–Kier alpha value is -14.4. The van der Waals surface area contributed by atoms with E-state index < -0.39 is 59.9 Å². The molecule has 2 atom stereocenters. The quantitative estimate of drug-likeness (QED) is 0.0139. The first kappa shape index (κ1) is 104. The number of rotatable bonds is 52. The number of carbonyl (C=O) groups excluding carboxylic acids is 10. The molecular weight excluding hydrogens is 1700 g/mol. The smallest absolute Gasteiger partial charge is 0.490 e. The summed E-state index contributed by atoms with van der Waals surface area (Å²) in [5.41, 5.74) is 23.8. The highest BCUT2D eigenvalue weighted by Gasteiger charge is 2.38. The Bertz CT molecular complexity index is 4550. The summed E-state index contributed by atoms with van der Waals surface area (Å²) in [6, 6.07) is 59.1. The molecule has 0 heterocycles. The molecule has 12 amide bonds. The number of alkyl halides is 3. The first-order valence-corrected chi connectivity index (χ1v) is 42.2. The molecule has 39 heteroatoms. The van der Waals surface area contributed by atoms with Crippen LogP contribution in [0.1, 0.15) is 112 Å². The maximum atomic E-state index is 14.0. The Morgan fingerprint density at radius 1 is 0.351 bits per heavy atom. The Morgan fingerprint density at radius 2 is 0.634 bits per heavy atom. The number of aromatic hydroxyl groups is 2. The summed E-state index contributed by atoms with van der Waals surface area (Å²) in [6.07, 6.45) is -3.92. The minimum Gasteiger partial charge on any atom is -0.508 e. The normalized spacial score (nSPS) is 11.8. The van der Waals surface area contributed by atoms with Crippen LogP contribution < -0.4 is 81.0 Å². The molecule has 0 aliphatic carbocycles. The molecule has 0 unspecified atom stereocenters. The van der Waals surface area contributed by atoms with Gasteiger partial charge in [-0.25, -0.2) is 14.4 Å². The highest BCUT2D eigenvalue weighted by atomic mass is 19.4. The Labute approximate surface area is 755 Å². The van der Waals surface area contributed by atoms with E-state index in [4.69, 9.17) is 46.0 Å². The second-order valence-electron chi connectivity index (χ2n) is 29.1.